The Balaban J connectivity index is 1.39. The molecule has 1 saturated heterocycles. The highest BCUT2D eigenvalue weighted by Crippen LogP contribution is 2.33. The molecule has 3 aromatic rings. The summed E-state index contributed by atoms with van der Waals surface area (Å²) >= 11 is 0. The summed E-state index contributed by atoms with van der Waals surface area (Å²) in [5, 5.41) is 7.77. The highest BCUT2D eigenvalue weighted by atomic mass is 19.4. The molecule has 0 spiro atoms. The van der Waals surface area contributed by atoms with E-state index in [1.807, 2.05) is 0 Å². The molecule has 2 amide bonds. The first kappa shape index (κ1) is 25.0. The molecule has 12 heteroatoms. The Hall–Kier alpha value is -3.67. The number of aromatic nitrogens is 3. The Morgan fingerprint density at radius 1 is 1.16 bits per heavy atom. The second-order valence-electron chi connectivity index (χ2n) is 9.19. The average molecular weight is 518 g/mol. The number of alkyl halides is 3. The minimum atomic E-state index is -4.67. The van der Waals surface area contributed by atoms with Gasteiger partial charge in [0.25, 0.3) is 5.91 Å². The summed E-state index contributed by atoms with van der Waals surface area (Å²) in [6.45, 7) is 2.54. The van der Waals surface area contributed by atoms with Crippen molar-refractivity contribution in [2.24, 2.45) is 5.92 Å². The number of carbonyl (C=O) groups excluding carboxylic acids is 2. The molecule has 196 valence electrons. The third-order valence-corrected chi connectivity index (χ3v) is 6.53. The SMILES string of the molecule is O=C(Nc1cc2cn(CC(=O)N3CCOCC3)nc2cc1OCC1CCC1)c1cccc(C(F)(F)F)n1. The van der Waals surface area contributed by atoms with E-state index in [2.05, 4.69) is 15.4 Å². The number of fused-ring (bicyclic) bond motifs is 1. The van der Waals surface area contributed by atoms with Crippen molar-refractivity contribution in [3.8, 4) is 5.75 Å². The maximum atomic E-state index is 13.1. The van der Waals surface area contributed by atoms with E-state index >= 15 is 0 Å². The molecule has 1 saturated carbocycles. The summed E-state index contributed by atoms with van der Waals surface area (Å²) < 4.78 is 52.0. The number of amides is 2. The summed E-state index contributed by atoms with van der Waals surface area (Å²) in [6, 6.07) is 6.46. The maximum absolute atomic E-state index is 13.1. The monoisotopic (exact) mass is 517 g/mol. The van der Waals surface area contributed by atoms with Crippen molar-refractivity contribution < 1.29 is 32.2 Å². The molecule has 1 aromatic carbocycles. The van der Waals surface area contributed by atoms with E-state index in [1.165, 1.54) is 10.7 Å². The van der Waals surface area contributed by atoms with Gasteiger partial charge in [-0.25, -0.2) is 4.98 Å². The molecule has 0 unspecified atom stereocenters. The van der Waals surface area contributed by atoms with Crippen LogP contribution in [-0.2, 0) is 22.3 Å². The van der Waals surface area contributed by atoms with Crippen molar-refractivity contribution in [2.75, 3.05) is 38.2 Å². The predicted molar refractivity (Wildman–Crippen MR) is 127 cm³/mol. The molecule has 2 fully saturated rings. The number of benzene rings is 1. The Bertz CT molecular complexity index is 1300. The van der Waals surface area contributed by atoms with Crippen LogP contribution in [0.4, 0.5) is 18.9 Å². The number of anilines is 1. The predicted octanol–water partition coefficient (Wildman–Crippen LogP) is 3.74. The van der Waals surface area contributed by atoms with E-state index in [1.54, 1.807) is 23.2 Å². The van der Waals surface area contributed by atoms with Crippen molar-refractivity contribution >= 4 is 28.4 Å². The molecule has 1 aliphatic carbocycles. The Morgan fingerprint density at radius 2 is 1.95 bits per heavy atom. The number of hydrogen-bond donors (Lipinski definition) is 1. The minimum absolute atomic E-state index is 0.0444. The van der Waals surface area contributed by atoms with Gasteiger partial charge in [0.1, 0.15) is 23.7 Å². The van der Waals surface area contributed by atoms with Crippen molar-refractivity contribution in [3.63, 3.8) is 0 Å². The molecule has 0 bridgehead atoms. The standard InChI is InChI=1S/C25H26F3N5O4/c26-25(27,28)22-6-2-5-18(29-22)24(35)30-20-11-17-13-33(14-23(34)32-7-9-36-10-8-32)31-19(17)12-21(20)37-15-16-3-1-4-16/h2,5-6,11-13,16H,1,3-4,7-10,14-15H2,(H,30,35). The first-order valence-electron chi connectivity index (χ1n) is 12.1. The normalized spacial score (nSPS) is 16.5. The van der Waals surface area contributed by atoms with Gasteiger partial charge in [-0.15, -0.1) is 0 Å². The van der Waals surface area contributed by atoms with Gasteiger partial charge in [-0.1, -0.05) is 12.5 Å². The number of rotatable bonds is 7. The van der Waals surface area contributed by atoms with Crippen LogP contribution in [-0.4, -0.2) is 64.4 Å². The van der Waals surface area contributed by atoms with Crippen molar-refractivity contribution in [1.82, 2.24) is 19.7 Å². The first-order valence-corrected chi connectivity index (χ1v) is 12.1. The second-order valence-corrected chi connectivity index (χ2v) is 9.19. The molecule has 2 aromatic heterocycles. The molecule has 3 heterocycles. The molecule has 1 N–H and O–H groups in total. The van der Waals surface area contributed by atoms with Gasteiger partial charge in [0.15, 0.2) is 0 Å². The second kappa shape index (κ2) is 10.4. The molecular formula is C25H26F3N5O4. The molecule has 0 radical (unpaired) electrons. The maximum Gasteiger partial charge on any atom is 0.433 e. The number of hydrogen-bond acceptors (Lipinski definition) is 6. The van der Waals surface area contributed by atoms with E-state index in [9.17, 15) is 22.8 Å². The van der Waals surface area contributed by atoms with Gasteiger partial charge in [-0.2, -0.15) is 18.3 Å². The van der Waals surface area contributed by atoms with E-state index in [-0.39, 0.29) is 23.8 Å². The molecule has 5 rings (SSSR count). The highest BCUT2D eigenvalue weighted by Gasteiger charge is 2.33. The van der Waals surface area contributed by atoms with Crippen molar-refractivity contribution in [3.05, 3.63) is 47.9 Å². The smallest absolute Gasteiger partial charge is 0.433 e. The van der Waals surface area contributed by atoms with Crippen LogP contribution in [0.25, 0.3) is 10.9 Å². The number of nitrogens with zero attached hydrogens (tertiary/aromatic N) is 4. The van der Waals surface area contributed by atoms with Crippen LogP contribution < -0.4 is 10.1 Å². The van der Waals surface area contributed by atoms with Gasteiger partial charge < -0.3 is 19.7 Å². The zero-order chi connectivity index (χ0) is 26.0. The topological polar surface area (TPSA) is 98.6 Å². The van der Waals surface area contributed by atoms with Crippen LogP contribution >= 0.6 is 0 Å². The van der Waals surface area contributed by atoms with Crippen molar-refractivity contribution in [1.29, 1.82) is 0 Å². The fourth-order valence-electron chi connectivity index (χ4n) is 4.23. The van der Waals surface area contributed by atoms with Crippen LogP contribution in [0.1, 0.15) is 35.4 Å². The summed E-state index contributed by atoms with van der Waals surface area (Å²) in [7, 11) is 0. The molecule has 1 aliphatic heterocycles. The van der Waals surface area contributed by atoms with E-state index in [0.717, 1.165) is 31.4 Å². The Kier molecular flexibility index (Phi) is 7.00. The number of carbonyl (C=O) groups is 2. The number of halogens is 3. The number of pyridine rings is 1. The molecule has 2 aliphatic rings. The number of ether oxygens (including phenoxy) is 2. The minimum Gasteiger partial charge on any atom is -0.491 e. The summed E-state index contributed by atoms with van der Waals surface area (Å²) in [5.41, 5.74) is -0.668. The van der Waals surface area contributed by atoms with E-state index in [4.69, 9.17) is 9.47 Å². The summed E-state index contributed by atoms with van der Waals surface area (Å²) in [5.74, 6) is -0.117. The zero-order valence-electron chi connectivity index (χ0n) is 20.0. The highest BCUT2D eigenvalue weighted by molar-refractivity contribution is 6.05. The largest absolute Gasteiger partial charge is 0.491 e. The molecular weight excluding hydrogens is 491 g/mol. The van der Waals surface area contributed by atoms with Gasteiger partial charge in [-0.3, -0.25) is 14.3 Å². The molecule has 0 atom stereocenters. The lowest BCUT2D eigenvalue weighted by Gasteiger charge is -2.26. The number of morpholine rings is 1. The third kappa shape index (κ3) is 5.85. The lowest BCUT2D eigenvalue weighted by molar-refractivity contribution is -0.141. The van der Waals surface area contributed by atoms with Gasteiger partial charge in [0.2, 0.25) is 5.91 Å². The van der Waals surface area contributed by atoms with Gasteiger partial charge in [-0.05, 0) is 37.0 Å². The quantitative estimate of drug-likeness (QED) is 0.513. The van der Waals surface area contributed by atoms with Crippen LogP contribution in [0.3, 0.4) is 0 Å². The lowest BCUT2D eigenvalue weighted by atomic mass is 9.86. The van der Waals surface area contributed by atoms with E-state index in [0.29, 0.717) is 55.5 Å². The van der Waals surface area contributed by atoms with E-state index < -0.39 is 17.8 Å². The Labute approximate surface area is 210 Å². The zero-order valence-corrected chi connectivity index (χ0v) is 20.0. The fourth-order valence-corrected chi connectivity index (χ4v) is 4.23. The van der Waals surface area contributed by atoms with Crippen LogP contribution in [0.15, 0.2) is 36.5 Å². The van der Waals surface area contributed by atoms with Gasteiger partial charge >= 0.3 is 6.18 Å². The summed E-state index contributed by atoms with van der Waals surface area (Å²) in [4.78, 5) is 30.7. The number of nitrogens with one attached hydrogen (secondary N) is 1. The lowest BCUT2D eigenvalue weighted by Crippen LogP contribution is -2.42. The molecule has 9 nitrogen and oxygen atoms in total. The summed E-state index contributed by atoms with van der Waals surface area (Å²) in [6.07, 6.45) is 0.257. The van der Waals surface area contributed by atoms with Gasteiger partial charge in [0, 0.05) is 30.7 Å². The fraction of sp³-hybridized carbons (Fsp3) is 0.440. The van der Waals surface area contributed by atoms with Crippen LogP contribution in [0.5, 0.6) is 5.75 Å². The average Bonchev–Trinajstić information content (AvgIpc) is 3.24. The third-order valence-electron chi connectivity index (χ3n) is 6.53. The Morgan fingerprint density at radius 3 is 2.65 bits per heavy atom. The molecule has 37 heavy (non-hydrogen) atoms. The van der Waals surface area contributed by atoms with Crippen LogP contribution in [0.2, 0.25) is 0 Å². The van der Waals surface area contributed by atoms with Crippen LogP contribution in [0, 0.1) is 5.92 Å². The first-order chi connectivity index (χ1) is 17.8. The van der Waals surface area contributed by atoms with Crippen molar-refractivity contribution in [2.45, 2.75) is 32.0 Å². The van der Waals surface area contributed by atoms with Gasteiger partial charge in [0.05, 0.1) is 31.0 Å².